The minimum atomic E-state index is -0.208. The number of hydrogen-bond acceptors (Lipinski definition) is 2. The van der Waals surface area contributed by atoms with Gasteiger partial charge >= 0.3 is 5.97 Å². The Morgan fingerprint density at radius 3 is 2.67 bits per heavy atom. The van der Waals surface area contributed by atoms with E-state index in [0.29, 0.717) is 0 Å². The van der Waals surface area contributed by atoms with Crippen LogP contribution in [0.25, 0.3) is 0 Å². The van der Waals surface area contributed by atoms with Gasteiger partial charge in [0.05, 0.1) is 0 Å². The molecular formula is C16H26O2. The molecule has 0 radical (unpaired) electrons. The Labute approximate surface area is 111 Å². The van der Waals surface area contributed by atoms with Crippen molar-refractivity contribution >= 4 is 5.97 Å². The number of carbonyl (C=O) groups excluding carboxylic acids is 1. The normalized spacial score (nSPS) is 21.2. The highest BCUT2D eigenvalue weighted by Gasteiger charge is 2.26. The third-order valence-corrected chi connectivity index (χ3v) is 3.74. The van der Waals surface area contributed by atoms with Gasteiger partial charge < -0.3 is 4.74 Å². The highest BCUT2D eigenvalue weighted by Crippen LogP contribution is 2.40. The van der Waals surface area contributed by atoms with E-state index in [1.165, 1.54) is 37.3 Å². The Morgan fingerprint density at radius 2 is 2.17 bits per heavy atom. The lowest BCUT2D eigenvalue weighted by molar-refractivity contribution is -0.144. The van der Waals surface area contributed by atoms with Crippen molar-refractivity contribution in [3.8, 4) is 0 Å². The SMILES string of the molecule is CC[C@@H](/C=C\C1=C(C)CCCC1(C)C)OC(C)=O. The van der Waals surface area contributed by atoms with Crippen LogP contribution in [0, 0.1) is 5.41 Å². The van der Waals surface area contributed by atoms with E-state index in [9.17, 15) is 4.79 Å². The van der Waals surface area contributed by atoms with Gasteiger partial charge in [-0.15, -0.1) is 0 Å². The monoisotopic (exact) mass is 250 g/mol. The highest BCUT2D eigenvalue weighted by molar-refractivity contribution is 5.66. The Morgan fingerprint density at radius 1 is 1.50 bits per heavy atom. The van der Waals surface area contributed by atoms with E-state index in [2.05, 4.69) is 26.8 Å². The van der Waals surface area contributed by atoms with Gasteiger partial charge in [0.15, 0.2) is 0 Å². The summed E-state index contributed by atoms with van der Waals surface area (Å²) in [5, 5.41) is 0. The van der Waals surface area contributed by atoms with E-state index in [1.807, 2.05) is 13.0 Å². The quantitative estimate of drug-likeness (QED) is 0.691. The van der Waals surface area contributed by atoms with Crippen LogP contribution in [0.2, 0.25) is 0 Å². The van der Waals surface area contributed by atoms with Crippen molar-refractivity contribution in [2.75, 3.05) is 0 Å². The van der Waals surface area contributed by atoms with Gasteiger partial charge in [-0.3, -0.25) is 4.79 Å². The Bertz CT molecular complexity index is 361. The summed E-state index contributed by atoms with van der Waals surface area (Å²) in [6.45, 7) is 10.3. The number of esters is 1. The number of rotatable bonds is 4. The predicted molar refractivity (Wildman–Crippen MR) is 75.3 cm³/mol. The largest absolute Gasteiger partial charge is 0.458 e. The first-order valence-corrected chi connectivity index (χ1v) is 6.92. The van der Waals surface area contributed by atoms with E-state index in [4.69, 9.17) is 4.74 Å². The standard InChI is InChI=1S/C16H26O2/c1-6-14(18-13(3)17)9-10-15-12(2)8-7-11-16(15,4)5/h9-10,14H,6-8,11H2,1-5H3/b10-9-/t14-/m0/s1. The lowest BCUT2D eigenvalue weighted by atomic mass is 9.72. The molecule has 0 amide bonds. The molecule has 2 nitrogen and oxygen atoms in total. The molecule has 0 aromatic carbocycles. The van der Waals surface area contributed by atoms with Crippen LogP contribution in [0.5, 0.6) is 0 Å². The molecule has 0 saturated heterocycles. The summed E-state index contributed by atoms with van der Waals surface area (Å²) in [6, 6.07) is 0. The summed E-state index contributed by atoms with van der Waals surface area (Å²) in [4.78, 5) is 11.0. The second-order valence-corrected chi connectivity index (χ2v) is 5.85. The van der Waals surface area contributed by atoms with Crippen molar-refractivity contribution in [3.05, 3.63) is 23.3 Å². The highest BCUT2D eigenvalue weighted by atomic mass is 16.5. The summed E-state index contributed by atoms with van der Waals surface area (Å²) in [5.41, 5.74) is 3.13. The van der Waals surface area contributed by atoms with Gasteiger partial charge in [-0.1, -0.05) is 32.4 Å². The van der Waals surface area contributed by atoms with E-state index in [1.54, 1.807) is 0 Å². The molecule has 1 aliphatic rings. The van der Waals surface area contributed by atoms with Crippen molar-refractivity contribution in [1.82, 2.24) is 0 Å². The number of allylic oxidation sites excluding steroid dienone is 3. The molecule has 0 spiro atoms. The number of carbonyl (C=O) groups is 1. The lowest BCUT2D eigenvalue weighted by Gasteiger charge is -2.33. The zero-order valence-electron chi connectivity index (χ0n) is 12.4. The molecule has 0 aromatic heterocycles. The molecule has 0 unspecified atom stereocenters. The van der Waals surface area contributed by atoms with Crippen LogP contribution in [0.15, 0.2) is 23.3 Å². The molecule has 0 bridgehead atoms. The molecule has 0 N–H and O–H groups in total. The molecule has 1 atom stereocenters. The van der Waals surface area contributed by atoms with Crippen molar-refractivity contribution < 1.29 is 9.53 Å². The van der Waals surface area contributed by atoms with E-state index in [-0.39, 0.29) is 17.5 Å². The van der Waals surface area contributed by atoms with Gasteiger partial charge in [-0.05, 0) is 49.7 Å². The molecule has 2 heteroatoms. The zero-order valence-corrected chi connectivity index (χ0v) is 12.4. The smallest absolute Gasteiger partial charge is 0.303 e. The van der Waals surface area contributed by atoms with Gasteiger partial charge in [0.1, 0.15) is 6.10 Å². The zero-order chi connectivity index (χ0) is 13.8. The van der Waals surface area contributed by atoms with Crippen molar-refractivity contribution in [3.63, 3.8) is 0 Å². The maximum absolute atomic E-state index is 11.0. The first-order valence-electron chi connectivity index (χ1n) is 6.92. The lowest BCUT2D eigenvalue weighted by Crippen LogP contribution is -2.20. The fraction of sp³-hybridized carbons (Fsp3) is 0.688. The van der Waals surface area contributed by atoms with Crippen LogP contribution in [0.1, 0.15) is 60.3 Å². The number of hydrogen-bond donors (Lipinski definition) is 0. The van der Waals surface area contributed by atoms with Crippen molar-refractivity contribution in [2.45, 2.75) is 66.4 Å². The van der Waals surface area contributed by atoms with Gasteiger partial charge in [-0.2, -0.15) is 0 Å². The van der Waals surface area contributed by atoms with E-state index in [0.717, 1.165) is 6.42 Å². The summed E-state index contributed by atoms with van der Waals surface area (Å²) in [5.74, 6) is -0.208. The molecule has 0 fully saturated rings. The second-order valence-electron chi connectivity index (χ2n) is 5.85. The van der Waals surface area contributed by atoms with Crippen LogP contribution in [-0.2, 0) is 9.53 Å². The van der Waals surface area contributed by atoms with Gasteiger partial charge in [0.2, 0.25) is 0 Å². The molecular weight excluding hydrogens is 224 g/mol. The third-order valence-electron chi connectivity index (χ3n) is 3.74. The fourth-order valence-corrected chi connectivity index (χ4v) is 2.69. The number of ether oxygens (including phenoxy) is 1. The molecule has 102 valence electrons. The maximum Gasteiger partial charge on any atom is 0.303 e. The van der Waals surface area contributed by atoms with Crippen LogP contribution in [0.4, 0.5) is 0 Å². The molecule has 0 aliphatic heterocycles. The Hall–Kier alpha value is -1.05. The van der Waals surface area contributed by atoms with E-state index >= 15 is 0 Å². The van der Waals surface area contributed by atoms with Crippen LogP contribution >= 0.6 is 0 Å². The van der Waals surface area contributed by atoms with Crippen molar-refractivity contribution in [1.29, 1.82) is 0 Å². The first kappa shape index (κ1) is 15.0. The molecule has 0 saturated carbocycles. The molecule has 1 aliphatic carbocycles. The molecule has 0 aromatic rings. The van der Waals surface area contributed by atoms with Gasteiger partial charge in [0, 0.05) is 6.92 Å². The Balaban J connectivity index is 2.83. The minimum absolute atomic E-state index is 0.0967. The third kappa shape index (κ3) is 4.01. The second kappa shape index (κ2) is 6.21. The Kier molecular flexibility index (Phi) is 5.18. The van der Waals surface area contributed by atoms with Crippen molar-refractivity contribution in [2.24, 2.45) is 5.41 Å². The summed E-state index contributed by atoms with van der Waals surface area (Å²) >= 11 is 0. The molecule has 18 heavy (non-hydrogen) atoms. The van der Waals surface area contributed by atoms with Crippen LogP contribution in [0.3, 0.4) is 0 Å². The van der Waals surface area contributed by atoms with Crippen LogP contribution < -0.4 is 0 Å². The minimum Gasteiger partial charge on any atom is -0.458 e. The summed E-state index contributed by atoms with van der Waals surface area (Å²) in [7, 11) is 0. The van der Waals surface area contributed by atoms with Gasteiger partial charge in [-0.25, -0.2) is 0 Å². The molecule has 0 heterocycles. The first-order chi connectivity index (χ1) is 8.36. The summed E-state index contributed by atoms with van der Waals surface area (Å²) in [6.07, 6.45) is 8.63. The summed E-state index contributed by atoms with van der Waals surface area (Å²) < 4.78 is 5.25. The average molecular weight is 250 g/mol. The van der Waals surface area contributed by atoms with Crippen LogP contribution in [-0.4, -0.2) is 12.1 Å². The maximum atomic E-state index is 11.0. The fourth-order valence-electron chi connectivity index (χ4n) is 2.69. The topological polar surface area (TPSA) is 26.3 Å². The van der Waals surface area contributed by atoms with Gasteiger partial charge in [0.25, 0.3) is 0 Å². The van der Waals surface area contributed by atoms with E-state index < -0.39 is 0 Å². The predicted octanol–water partition coefficient (Wildman–Crippen LogP) is 4.41. The average Bonchev–Trinajstić information content (AvgIpc) is 2.25. The molecule has 1 rings (SSSR count).